The Bertz CT molecular complexity index is 580. The first-order chi connectivity index (χ1) is 8.32. The average molecular weight is 340 g/mol. The van der Waals surface area contributed by atoms with E-state index in [9.17, 15) is 18.3 Å². The number of sulfonamides is 1. The van der Waals surface area contributed by atoms with Gasteiger partial charge in [0.15, 0.2) is 4.67 Å². The number of rotatable bonds is 3. The van der Waals surface area contributed by atoms with Gasteiger partial charge in [0, 0.05) is 19.2 Å². The van der Waals surface area contributed by atoms with Gasteiger partial charge < -0.3 is 14.6 Å². The summed E-state index contributed by atoms with van der Waals surface area (Å²) in [6, 6.07) is 0.951. The number of carboxylic acids is 1. The second-order valence-corrected chi connectivity index (χ2v) is 6.49. The molecule has 18 heavy (non-hydrogen) atoms. The predicted molar refractivity (Wildman–Crippen MR) is 62.7 cm³/mol. The molecule has 9 heteroatoms. The van der Waals surface area contributed by atoms with Crippen molar-refractivity contribution in [2.24, 2.45) is 0 Å². The molecule has 1 aromatic heterocycles. The predicted octanol–water partition coefficient (Wildman–Crippen LogP) is 0.496. The van der Waals surface area contributed by atoms with Crippen molar-refractivity contribution >= 4 is 31.9 Å². The van der Waals surface area contributed by atoms with Crippen molar-refractivity contribution in [1.29, 1.82) is 0 Å². The van der Waals surface area contributed by atoms with Gasteiger partial charge in [-0.1, -0.05) is 0 Å². The average Bonchev–Trinajstić information content (AvgIpc) is 2.85. The van der Waals surface area contributed by atoms with Gasteiger partial charge in [-0.25, -0.2) is 13.2 Å². The van der Waals surface area contributed by atoms with Crippen LogP contribution in [0.5, 0.6) is 0 Å². The summed E-state index contributed by atoms with van der Waals surface area (Å²) in [5, 5.41) is 18.1. The topological polar surface area (TPSA) is 108 Å². The highest BCUT2D eigenvalue weighted by molar-refractivity contribution is 9.10. The van der Waals surface area contributed by atoms with E-state index < -0.39 is 27.9 Å². The fraction of sp³-hybridized carbons (Fsp3) is 0.444. The molecular formula is C9H10BrNO6S. The number of aliphatic hydroxyl groups is 1. The first kappa shape index (κ1) is 13.5. The van der Waals surface area contributed by atoms with Gasteiger partial charge >= 0.3 is 5.97 Å². The smallest absolute Gasteiger partial charge is 0.371 e. The third kappa shape index (κ3) is 2.30. The minimum atomic E-state index is -3.85. The molecule has 0 bridgehead atoms. The molecule has 2 N–H and O–H groups in total. The summed E-state index contributed by atoms with van der Waals surface area (Å²) < 4.78 is 30.1. The number of aromatic carboxylic acids is 1. The summed E-state index contributed by atoms with van der Waals surface area (Å²) in [4.78, 5) is 10.5. The van der Waals surface area contributed by atoms with E-state index in [1.54, 1.807) is 0 Å². The van der Waals surface area contributed by atoms with Crippen molar-refractivity contribution in [3.8, 4) is 0 Å². The zero-order chi connectivity index (χ0) is 13.5. The Morgan fingerprint density at radius 3 is 2.67 bits per heavy atom. The van der Waals surface area contributed by atoms with E-state index >= 15 is 0 Å². The van der Waals surface area contributed by atoms with Crippen LogP contribution in [0.3, 0.4) is 0 Å². The number of carboxylic acid groups (broad SMARTS) is 1. The van der Waals surface area contributed by atoms with Crippen LogP contribution in [0.1, 0.15) is 17.0 Å². The summed E-state index contributed by atoms with van der Waals surface area (Å²) in [5.74, 6) is -1.81. The second kappa shape index (κ2) is 4.65. The molecule has 0 spiro atoms. The molecule has 1 aliphatic heterocycles. The van der Waals surface area contributed by atoms with Crippen LogP contribution in [0, 0.1) is 0 Å². The fourth-order valence-corrected chi connectivity index (χ4v) is 4.10. The van der Waals surface area contributed by atoms with Gasteiger partial charge in [-0.2, -0.15) is 4.31 Å². The molecular weight excluding hydrogens is 330 g/mol. The highest BCUT2D eigenvalue weighted by Gasteiger charge is 2.35. The van der Waals surface area contributed by atoms with Crippen molar-refractivity contribution in [3.63, 3.8) is 0 Å². The monoisotopic (exact) mass is 339 g/mol. The van der Waals surface area contributed by atoms with Crippen LogP contribution in [0.15, 0.2) is 20.0 Å². The van der Waals surface area contributed by atoms with Crippen molar-refractivity contribution in [3.05, 3.63) is 16.5 Å². The first-order valence-corrected chi connectivity index (χ1v) is 7.26. The second-order valence-electron chi connectivity index (χ2n) is 3.86. The quantitative estimate of drug-likeness (QED) is 0.829. The molecule has 1 saturated heterocycles. The van der Waals surface area contributed by atoms with E-state index in [1.807, 2.05) is 0 Å². The maximum atomic E-state index is 12.2. The Kier molecular flexibility index (Phi) is 3.49. The van der Waals surface area contributed by atoms with E-state index in [4.69, 9.17) is 9.52 Å². The molecule has 1 aromatic rings. The Labute approximate surface area is 111 Å². The molecule has 0 saturated carbocycles. The van der Waals surface area contributed by atoms with Crippen LogP contribution < -0.4 is 0 Å². The summed E-state index contributed by atoms with van der Waals surface area (Å²) in [5.41, 5.74) is 0. The van der Waals surface area contributed by atoms with Gasteiger partial charge in [0.1, 0.15) is 4.90 Å². The van der Waals surface area contributed by atoms with Gasteiger partial charge in [-0.3, -0.25) is 0 Å². The van der Waals surface area contributed by atoms with E-state index in [-0.39, 0.29) is 22.7 Å². The van der Waals surface area contributed by atoms with Crippen LogP contribution >= 0.6 is 15.9 Å². The number of β-amino-alcohol motifs (C(OH)–C–C–N with tert-alkyl or cyclic N) is 1. The molecule has 7 nitrogen and oxygen atoms in total. The summed E-state index contributed by atoms with van der Waals surface area (Å²) >= 11 is 2.89. The van der Waals surface area contributed by atoms with Crippen LogP contribution in [0.2, 0.25) is 0 Å². The highest BCUT2D eigenvalue weighted by Crippen LogP contribution is 2.30. The first-order valence-electron chi connectivity index (χ1n) is 5.03. The zero-order valence-electron chi connectivity index (χ0n) is 9.04. The third-order valence-electron chi connectivity index (χ3n) is 2.61. The lowest BCUT2D eigenvalue weighted by Gasteiger charge is -2.14. The molecule has 0 aromatic carbocycles. The van der Waals surface area contributed by atoms with Gasteiger partial charge in [-0.05, 0) is 22.4 Å². The molecule has 0 aliphatic carbocycles. The largest absolute Gasteiger partial charge is 0.475 e. The maximum Gasteiger partial charge on any atom is 0.371 e. The van der Waals surface area contributed by atoms with Crippen molar-refractivity contribution in [2.75, 3.05) is 13.1 Å². The number of hydrogen-bond donors (Lipinski definition) is 2. The fourth-order valence-electron chi connectivity index (χ4n) is 1.70. The number of nitrogens with zero attached hydrogens (tertiary/aromatic N) is 1. The molecule has 0 radical (unpaired) electrons. The van der Waals surface area contributed by atoms with Crippen molar-refractivity contribution in [2.45, 2.75) is 17.4 Å². The lowest BCUT2D eigenvalue weighted by Crippen LogP contribution is -2.29. The Balaban J connectivity index is 2.38. The summed E-state index contributed by atoms with van der Waals surface area (Å²) in [7, 11) is -3.85. The third-order valence-corrected chi connectivity index (χ3v) is 5.33. The number of carbonyl (C=O) groups is 1. The number of hydrogen-bond acceptors (Lipinski definition) is 5. The normalized spacial score (nSPS) is 21.3. The molecule has 1 fully saturated rings. The van der Waals surface area contributed by atoms with Crippen LogP contribution in [-0.4, -0.2) is 48.1 Å². The van der Waals surface area contributed by atoms with E-state index in [0.29, 0.717) is 6.42 Å². The van der Waals surface area contributed by atoms with Crippen molar-refractivity contribution < 1.29 is 27.8 Å². The van der Waals surface area contributed by atoms with Gasteiger partial charge in [-0.15, -0.1) is 0 Å². The lowest BCUT2D eigenvalue weighted by molar-refractivity contribution is 0.0661. The molecule has 100 valence electrons. The number of aliphatic hydroxyl groups excluding tert-OH is 1. The van der Waals surface area contributed by atoms with Gasteiger partial charge in [0.2, 0.25) is 15.8 Å². The van der Waals surface area contributed by atoms with Crippen LogP contribution in [0.4, 0.5) is 0 Å². The van der Waals surface area contributed by atoms with E-state index in [2.05, 4.69) is 15.9 Å². The Hall–Kier alpha value is -0.900. The molecule has 1 unspecified atom stereocenters. The maximum absolute atomic E-state index is 12.2. The molecule has 0 amide bonds. The summed E-state index contributed by atoms with van der Waals surface area (Å²) in [6.07, 6.45) is -0.329. The Morgan fingerprint density at radius 2 is 2.22 bits per heavy atom. The SMILES string of the molecule is O=C(O)c1cc(S(=O)(=O)N2CCC(O)C2)c(Br)o1. The highest BCUT2D eigenvalue weighted by atomic mass is 79.9. The molecule has 1 atom stereocenters. The minimum absolute atomic E-state index is 0.00234. The molecule has 2 rings (SSSR count). The van der Waals surface area contributed by atoms with E-state index in [1.165, 1.54) is 0 Å². The minimum Gasteiger partial charge on any atom is -0.475 e. The standard InChI is InChI=1S/C9H10BrNO6S/c10-8-7(3-6(17-8)9(13)14)18(15,16)11-2-1-5(12)4-11/h3,5,12H,1-2,4H2,(H,13,14). The summed E-state index contributed by atoms with van der Waals surface area (Å²) in [6.45, 7) is 0.200. The zero-order valence-corrected chi connectivity index (χ0v) is 11.4. The molecule has 2 heterocycles. The van der Waals surface area contributed by atoms with Crippen LogP contribution in [-0.2, 0) is 10.0 Å². The van der Waals surface area contributed by atoms with Gasteiger partial charge in [0.25, 0.3) is 0 Å². The van der Waals surface area contributed by atoms with E-state index in [0.717, 1.165) is 10.4 Å². The van der Waals surface area contributed by atoms with Crippen molar-refractivity contribution in [1.82, 2.24) is 4.31 Å². The molecule has 1 aliphatic rings. The Morgan fingerprint density at radius 1 is 1.56 bits per heavy atom. The number of furan rings is 1. The van der Waals surface area contributed by atoms with Gasteiger partial charge in [0.05, 0.1) is 6.10 Å². The lowest BCUT2D eigenvalue weighted by atomic mass is 10.3. The van der Waals surface area contributed by atoms with Crippen LogP contribution in [0.25, 0.3) is 0 Å². The number of halogens is 1.